The molecule has 1 rings (SSSR count). The Kier molecular flexibility index (Phi) is 11.3. The molecule has 0 aliphatic rings. The Morgan fingerprint density at radius 2 is 1.62 bits per heavy atom. The highest BCUT2D eigenvalue weighted by Gasteiger charge is 2.08. The van der Waals surface area contributed by atoms with Crippen LogP contribution in [-0.4, -0.2) is 17.6 Å². The molecule has 0 aliphatic carbocycles. The van der Waals surface area contributed by atoms with Gasteiger partial charge in [-0.15, -0.1) is 0 Å². The first-order chi connectivity index (χ1) is 11.7. The van der Waals surface area contributed by atoms with Crippen molar-refractivity contribution in [1.29, 1.82) is 0 Å². The van der Waals surface area contributed by atoms with Gasteiger partial charge in [-0.25, -0.2) is 4.79 Å². The average Bonchev–Trinajstić information content (AvgIpc) is 3.04. The van der Waals surface area contributed by atoms with Gasteiger partial charge in [0.05, 0.1) is 12.7 Å². The van der Waals surface area contributed by atoms with Gasteiger partial charge < -0.3 is 9.30 Å². The van der Waals surface area contributed by atoms with Crippen molar-refractivity contribution in [3.63, 3.8) is 0 Å². The fourth-order valence-corrected chi connectivity index (χ4v) is 3.22. The molecule has 3 heteroatoms. The van der Waals surface area contributed by atoms with E-state index in [4.69, 9.17) is 4.74 Å². The van der Waals surface area contributed by atoms with Crippen LogP contribution in [0.4, 0.5) is 0 Å². The topological polar surface area (TPSA) is 31.2 Å². The molecule has 1 atom stereocenters. The molecule has 138 valence electrons. The van der Waals surface area contributed by atoms with Gasteiger partial charge in [0, 0.05) is 18.9 Å². The van der Waals surface area contributed by atoms with Crippen LogP contribution in [0.3, 0.4) is 0 Å². The average molecular weight is 336 g/mol. The van der Waals surface area contributed by atoms with E-state index in [2.05, 4.69) is 18.4 Å². The zero-order valence-corrected chi connectivity index (χ0v) is 16.1. The summed E-state index contributed by atoms with van der Waals surface area (Å²) in [6.07, 6.45) is 19.0. The zero-order valence-electron chi connectivity index (χ0n) is 16.1. The zero-order chi connectivity index (χ0) is 17.6. The number of hydrogen-bond donors (Lipinski definition) is 0. The largest absolute Gasteiger partial charge is 0.465 e. The van der Waals surface area contributed by atoms with Crippen molar-refractivity contribution < 1.29 is 9.53 Å². The number of rotatable bonds is 14. The molecule has 1 aromatic rings. The highest BCUT2D eigenvalue weighted by molar-refractivity contribution is 5.89. The van der Waals surface area contributed by atoms with E-state index in [1.54, 1.807) is 0 Å². The summed E-state index contributed by atoms with van der Waals surface area (Å²) in [5.41, 5.74) is 0.642. The molecule has 0 radical (unpaired) electrons. The van der Waals surface area contributed by atoms with Crippen LogP contribution in [0, 0.1) is 5.92 Å². The molecule has 0 amide bonds. The SMILES string of the molecule is CCCCCCCCCCCCC(C)Cn1ccc(C(=O)OC)c1. The fourth-order valence-electron chi connectivity index (χ4n) is 3.22. The molecule has 1 heterocycles. The molecule has 1 aromatic heterocycles. The van der Waals surface area contributed by atoms with Crippen molar-refractivity contribution in [3.8, 4) is 0 Å². The Balaban J connectivity index is 2.01. The van der Waals surface area contributed by atoms with Crippen LogP contribution in [0.15, 0.2) is 18.5 Å². The number of carbonyl (C=O) groups is 1. The summed E-state index contributed by atoms with van der Waals surface area (Å²) < 4.78 is 6.85. The summed E-state index contributed by atoms with van der Waals surface area (Å²) >= 11 is 0. The first-order valence-electron chi connectivity index (χ1n) is 9.91. The van der Waals surface area contributed by atoms with Crippen LogP contribution >= 0.6 is 0 Å². The summed E-state index contributed by atoms with van der Waals surface area (Å²) in [7, 11) is 1.42. The van der Waals surface area contributed by atoms with Crippen LogP contribution in [0.1, 0.15) is 94.8 Å². The molecule has 0 saturated heterocycles. The first kappa shape index (κ1) is 20.8. The minimum atomic E-state index is -0.254. The lowest BCUT2D eigenvalue weighted by Gasteiger charge is -2.12. The number of aromatic nitrogens is 1. The fraction of sp³-hybridized carbons (Fsp3) is 0.762. The van der Waals surface area contributed by atoms with E-state index in [0.29, 0.717) is 11.5 Å². The molecule has 0 fully saturated rings. The van der Waals surface area contributed by atoms with E-state index < -0.39 is 0 Å². The molecular weight excluding hydrogens is 298 g/mol. The van der Waals surface area contributed by atoms with Gasteiger partial charge in [-0.3, -0.25) is 0 Å². The number of nitrogens with zero attached hydrogens (tertiary/aromatic N) is 1. The van der Waals surface area contributed by atoms with Crippen molar-refractivity contribution in [2.24, 2.45) is 5.92 Å². The van der Waals surface area contributed by atoms with E-state index in [-0.39, 0.29) is 5.97 Å². The third-order valence-electron chi connectivity index (χ3n) is 4.74. The molecule has 0 bridgehead atoms. The number of methoxy groups -OCH3 is 1. The standard InChI is InChI=1S/C21H37NO2/c1-4-5-6-7-8-9-10-11-12-13-14-19(2)17-22-16-15-20(18-22)21(23)24-3/h15-16,18-19H,4-14,17H2,1-3H3. The minimum Gasteiger partial charge on any atom is -0.465 e. The predicted octanol–water partition coefficient (Wildman–Crippen LogP) is 6.22. The molecule has 0 spiro atoms. The monoisotopic (exact) mass is 335 g/mol. The molecular formula is C21H37NO2. The first-order valence-corrected chi connectivity index (χ1v) is 9.91. The number of unbranched alkanes of at least 4 members (excludes halogenated alkanes) is 9. The molecule has 0 N–H and O–H groups in total. The maximum Gasteiger partial charge on any atom is 0.339 e. The lowest BCUT2D eigenvalue weighted by Crippen LogP contribution is -2.06. The minimum absolute atomic E-state index is 0.254. The Morgan fingerprint density at radius 3 is 2.21 bits per heavy atom. The summed E-state index contributed by atoms with van der Waals surface area (Å²) in [4.78, 5) is 11.4. The van der Waals surface area contributed by atoms with Crippen LogP contribution < -0.4 is 0 Å². The van der Waals surface area contributed by atoms with Gasteiger partial charge in [-0.2, -0.15) is 0 Å². The number of hydrogen-bond acceptors (Lipinski definition) is 2. The highest BCUT2D eigenvalue weighted by atomic mass is 16.5. The Bertz CT molecular complexity index is 439. The van der Waals surface area contributed by atoms with Crippen molar-refractivity contribution in [3.05, 3.63) is 24.0 Å². The van der Waals surface area contributed by atoms with E-state index in [1.165, 1.54) is 77.7 Å². The second-order valence-corrected chi connectivity index (χ2v) is 7.16. The Labute approximate surface area is 148 Å². The summed E-state index contributed by atoms with van der Waals surface area (Å²) in [6, 6.07) is 1.83. The van der Waals surface area contributed by atoms with Gasteiger partial charge in [-0.05, 0) is 18.4 Å². The van der Waals surface area contributed by atoms with Gasteiger partial charge >= 0.3 is 5.97 Å². The highest BCUT2D eigenvalue weighted by Crippen LogP contribution is 2.15. The molecule has 24 heavy (non-hydrogen) atoms. The van der Waals surface area contributed by atoms with Gasteiger partial charge in [0.15, 0.2) is 0 Å². The smallest absolute Gasteiger partial charge is 0.339 e. The van der Waals surface area contributed by atoms with Crippen molar-refractivity contribution in [1.82, 2.24) is 4.57 Å². The maximum atomic E-state index is 11.4. The summed E-state index contributed by atoms with van der Waals surface area (Å²) in [5.74, 6) is 0.396. The van der Waals surface area contributed by atoms with E-state index in [0.717, 1.165) is 6.54 Å². The van der Waals surface area contributed by atoms with Gasteiger partial charge in [0.25, 0.3) is 0 Å². The molecule has 1 unspecified atom stereocenters. The van der Waals surface area contributed by atoms with Crippen LogP contribution in [0.2, 0.25) is 0 Å². The van der Waals surface area contributed by atoms with Gasteiger partial charge in [0.2, 0.25) is 0 Å². The lowest BCUT2D eigenvalue weighted by molar-refractivity contribution is 0.0600. The van der Waals surface area contributed by atoms with E-state index in [9.17, 15) is 4.79 Å². The van der Waals surface area contributed by atoms with E-state index in [1.807, 2.05) is 18.5 Å². The Morgan fingerprint density at radius 1 is 1.04 bits per heavy atom. The number of ether oxygens (including phenoxy) is 1. The third kappa shape index (κ3) is 9.14. The second-order valence-electron chi connectivity index (χ2n) is 7.16. The van der Waals surface area contributed by atoms with Crippen LogP contribution in [-0.2, 0) is 11.3 Å². The molecule has 0 saturated carbocycles. The van der Waals surface area contributed by atoms with Crippen LogP contribution in [0.5, 0.6) is 0 Å². The normalized spacial score (nSPS) is 12.3. The van der Waals surface area contributed by atoms with Crippen molar-refractivity contribution >= 4 is 5.97 Å². The van der Waals surface area contributed by atoms with Gasteiger partial charge in [-0.1, -0.05) is 78.1 Å². The molecule has 3 nitrogen and oxygen atoms in total. The Hall–Kier alpha value is -1.25. The third-order valence-corrected chi connectivity index (χ3v) is 4.74. The summed E-state index contributed by atoms with van der Waals surface area (Å²) in [5, 5.41) is 0. The summed E-state index contributed by atoms with van der Waals surface area (Å²) in [6.45, 7) is 5.55. The predicted molar refractivity (Wildman–Crippen MR) is 101 cm³/mol. The van der Waals surface area contributed by atoms with Crippen molar-refractivity contribution in [2.75, 3.05) is 7.11 Å². The van der Waals surface area contributed by atoms with Crippen LogP contribution in [0.25, 0.3) is 0 Å². The van der Waals surface area contributed by atoms with E-state index >= 15 is 0 Å². The molecule has 0 aliphatic heterocycles. The maximum absolute atomic E-state index is 11.4. The number of carbonyl (C=O) groups excluding carboxylic acids is 1. The lowest BCUT2D eigenvalue weighted by atomic mass is 10.0. The second kappa shape index (κ2) is 13.1. The number of esters is 1. The van der Waals surface area contributed by atoms with Crippen molar-refractivity contribution in [2.45, 2.75) is 91.0 Å². The quantitative estimate of drug-likeness (QED) is 0.298. The molecule has 0 aromatic carbocycles. The van der Waals surface area contributed by atoms with Gasteiger partial charge in [0.1, 0.15) is 0 Å².